The van der Waals surface area contributed by atoms with Crippen molar-refractivity contribution in [3.8, 4) is 0 Å². The zero-order chi connectivity index (χ0) is 11.2. The van der Waals surface area contributed by atoms with Crippen LogP contribution in [0.1, 0.15) is 17.4 Å². The van der Waals surface area contributed by atoms with E-state index < -0.39 is 4.92 Å². The first-order valence-corrected chi connectivity index (χ1v) is 4.50. The van der Waals surface area contributed by atoms with Crippen LogP contribution >= 0.6 is 0 Å². The third-order valence-corrected chi connectivity index (χ3v) is 2.59. The van der Waals surface area contributed by atoms with Crippen LogP contribution in [0.5, 0.6) is 0 Å². The summed E-state index contributed by atoms with van der Waals surface area (Å²) >= 11 is 0. The lowest BCUT2D eigenvalue weighted by Gasteiger charge is -2.28. The number of amides is 1. The van der Waals surface area contributed by atoms with E-state index in [0.717, 1.165) is 0 Å². The minimum atomic E-state index is -0.594. The molecule has 0 N–H and O–H groups in total. The van der Waals surface area contributed by atoms with Gasteiger partial charge in [-0.1, -0.05) is 0 Å². The van der Waals surface area contributed by atoms with Crippen LogP contribution in [-0.4, -0.2) is 38.6 Å². The Labute approximate surface area is 85.4 Å². The third-order valence-electron chi connectivity index (χ3n) is 2.59. The lowest BCUT2D eigenvalue weighted by atomic mass is 10.2. The molecule has 7 nitrogen and oxygen atoms in total. The molecular formula is C8H10N4O3. The molecule has 0 spiro atoms. The van der Waals surface area contributed by atoms with Crippen molar-refractivity contribution in [2.45, 2.75) is 19.5 Å². The van der Waals surface area contributed by atoms with E-state index in [0.29, 0.717) is 6.54 Å². The standard InChI is InChI=1S/C8H10N4O3/c1-5-4-11-6(8(13)10(5)2)3-7(9-11)12(14)15/h3,5H,4H2,1-2H3/t5-/m1/s1. The van der Waals surface area contributed by atoms with Crippen LogP contribution in [0.25, 0.3) is 0 Å². The minimum Gasteiger partial charge on any atom is -0.358 e. The van der Waals surface area contributed by atoms with E-state index in [1.165, 1.54) is 10.7 Å². The maximum absolute atomic E-state index is 11.7. The second kappa shape index (κ2) is 3.04. The van der Waals surface area contributed by atoms with E-state index >= 15 is 0 Å². The van der Waals surface area contributed by atoms with Gasteiger partial charge in [-0.25, -0.2) is 0 Å². The van der Waals surface area contributed by atoms with E-state index in [2.05, 4.69) is 5.10 Å². The summed E-state index contributed by atoms with van der Waals surface area (Å²) in [6, 6.07) is 1.22. The van der Waals surface area contributed by atoms with Crippen molar-refractivity contribution in [3.05, 3.63) is 21.9 Å². The molecule has 1 aromatic rings. The van der Waals surface area contributed by atoms with E-state index in [4.69, 9.17) is 0 Å². The second-order valence-electron chi connectivity index (χ2n) is 3.59. The van der Waals surface area contributed by atoms with Crippen molar-refractivity contribution in [1.82, 2.24) is 14.7 Å². The highest BCUT2D eigenvalue weighted by Crippen LogP contribution is 2.19. The lowest BCUT2D eigenvalue weighted by molar-refractivity contribution is -0.389. The molecule has 1 aliphatic rings. The van der Waals surface area contributed by atoms with Gasteiger partial charge in [-0.2, -0.15) is 4.68 Å². The van der Waals surface area contributed by atoms with Gasteiger partial charge in [0.2, 0.25) is 0 Å². The average molecular weight is 210 g/mol. The predicted octanol–water partition coefficient (Wildman–Crippen LogP) is 0.265. The summed E-state index contributed by atoms with van der Waals surface area (Å²) in [5.74, 6) is -0.504. The Balaban J connectivity index is 2.47. The number of nitrogens with zero attached hydrogens (tertiary/aromatic N) is 4. The monoisotopic (exact) mass is 210 g/mol. The van der Waals surface area contributed by atoms with Crippen LogP contribution in [0, 0.1) is 10.1 Å². The van der Waals surface area contributed by atoms with Crippen LogP contribution in [0.4, 0.5) is 5.82 Å². The molecule has 1 amide bonds. The predicted molar refractivity (Wildman–Crippen MR) is 50.4 cm³/mol. The Kier molecular flexibility index (Phi) is 1.95. The summed E-state index contributed by atoms with van der Waals surface area (Å²) in [4.78, 5) is 23.2. The van der Waals surface area contributed by atoms with E-state index in [1.807, 2.05) is 6.92 Å². The SMILES string of the molecule is C[C@@H]1Cn2nc([N+](=O)[O-])cc2C(=O)N1C. The molecule has 0 unspecified atom stereocenters. The van der Waals surface area contributed by atoms with E-state index in [9.17, 15) is 14.9 Å². The highest BCUT2D eigenvalue weighted by Gasteiger charge is 2.32. The van der Waals surface area contributed by atoms with Crippen molar-refractivity contribution in [3.63, 3.8) is 0 Å². The van der Waals surface area contributed by atoms with Gasteiger partial charge in [-0.15, -0.1) is 0 Å². The quantitative estimate of drug-likeness (QED) is 0.492. The van der Waals surface area contributed by atoms with Crippen molar-refractivity contribution in [1.29, 1.82) is 0 Å². The Bertz CT molecular complexity index is 439. The van der Waals surface area contributed by atoms with Crippen molar-refractivity contribution in [2.24, 2.45) is 0 Å². The highest BCUT2D eigenvalue weighted by molar-refractivity contribution is 5.93. The molecule has 1 aliphatic heterocycles. The number of rotatable bonds is 1. The summed E-state index contributed by atoms with van der Waals surface area (Å²) in [5.41, 5.74) is 0.280. The Morgan fingerprint density at radius 1 is 1.67 bits per heavy atom. The summed E-state index contributed by atoms with van der Waals surface area (Å²) < 4.78 is 1.39. The van der Waals surface area contributed by atoms with Gasteiger partial charge in [0.25, 0.3) is 5.91 Å². The Morgan fingerprint density at radius 2 is 2.33 bits per heavy atom. The molecule has 1 aromatic heterocycles. The second-order valence-corrected chi connectivity index (χ2v) is 3.59. The van der Waals surface area contributed by atoms with Gasteiger partial charge < -0.3 is 15.0 Å². The first kappa shape index (κ1) is 9.63. The number of hydrogen-bond donors (Lipinski definition) is 0. The zero-order valence-corrected chi connectivity index (χ0v) is 8.38. The van der Waals surface area contributed by atoms with Crippen molar-refractivity contribution < 1.29 is 9.72 Å². The van der Waals surface area contributed by atoms with Crippen LogP contribution in [-0.2, 0) is 6.54 Å². The van der Waals surface area contributed by atoms with Gasteiger partial charge in [0.15, 0.2) is 5.69 Å². The minimum absolute atomic E-state index is 0.00417. The number of carbonyl (C=O) groups excluding carboxylic acids is 1. The molecular weight excluding hydrogens is 200 g/mol. The maximum Gasteiger partial charge on any atom is 0.390 e. The molecule has 0 aliphatic carbocycles. The molecule has 0 aromatic carbocycles. The molecule has 0 saturated carbocycles. The smallest absolute Gasteiger partial charge is 0.358 e. The fourth-order valence-electron chi connectivity index (χ4n) is 1.56. The molecule has 0 saturated heterocycles. The normalized spacial score (nSPS) is 20.3. The van der Waals surface area contributed by atoms with E-state index in [1.54, 1.807) is 11.9 Å². The number of hydrogen-bond acceptors (Lipinski definition) is 4. The number of fused-ring (bicyclic) bond motifs is 1. The summed E-state index contributed by atoms with van der Waals surface area (Å²) in [7, 11) is 1.68. The van der Waals surface area contributed by atoms with Gasteiger partial charge in [-0.05, 0) is 11.8 Å². The first-order chi connectivity index (χ1) is 7.00. The van der Waals surface area contributed by atoms with Gasteiger partial charge >= 0.3 is 5.82 Å². The topological polar surface area (TPSA) is 81.3 Å². The molecule has 1 atom stereocenters. The van der Waals surface area contributed by atoms with Crippen LogP contribution in [0.3, 0.4) is 0 Å². The van der Waals surface area contributed by atoms with Gasteiger partial charge in [0.05, 0.1) is 23.8 Å². The first-order valence-electron chi connectivity index (χ1n) is 4.50. The van der Waals surface area contributed by atoms with Crippen molar-refractivity contribution >= 4 is 11.7 Å². The van der Waals surface area contributed by atoms with Crippen LogP contribution in [0.15, 0.2) is 6.07 Å². The average Bonchev–Trinajstić information content (AvgIpc) is 2.58. The Hall–Kier alpha value is -1.92. The summed E-state index contributed by atoms with van der Waals surface area (Å²) in [6.45, 7) is 2.36. The molecule has 0 radical (unpaired) electrons. The summed E-state index contributed by atoms with van der Waals surface area (Å²) in [6.07, 6.45) is 0. The molecule has 80 valence electrons. The molecule has 15 heavy (non-hydrogen) atoms. The van der Waals surface area contributed by atoms with Gasteiger partial charge in [-0.3, -0.25) is 4.79 Å². The fourth-order valence-corrected chi connectivity index (χ4v) is 1.56. The van der Waals surface area contributed by atoms with Crippen LogP contribution in [0.2, 0.25) is 0 Å². The molecule has 7 heteroatoms. The number of aromatic nitrogens is 2. The molecule has 0 fully saturated rings. The Morgan fingerprint density at radius 3 is 2.93 bits per heavy atom. The summed E-state index contributed by atoms with van der Waals surface area (Å²) in [5, 5.41) is 14.2. The largest absolute Gasteiger partial charge is 0.390 e. The highest BCUT2D eigenvalue weighted by atomic mass is 16.6. The van der Waals surface area contributed by atoms with Gasteiger partial charge in [0.1, 0.15) is 0 Å². The van der Waals surface area contributed by atoms with Crippen LogP contribution < -0.4 is 0 Å². The molecule has 2 rings (SSSR count). The van der Waals surface area contributed by atoms with Gasteiger partial charge in [0, 0.05) is 7.05 Å². The molecule has 2 heterocycles. The fraction of sp³-hybridized carbons (Fsp3) is 0.500. The zero-order valence-electron chi connectivity index (χ0n) is 8.38. The van der Waals surface area contributed by atoms with E-state index in [-0.39, 0.29) is 23.5 Å². The molecule has 0 bridgehead atoms. The maximum atomic E-state index is 11.7. The lowest BCUT2D eigenvalue weighted by Crippen LogP contribution is -2.43. The number of likely N-dealkylation sites (N-methyl/N-ethyl adjacent to an activating group) is 1. The number of carbonyl (C=O) groups is 1. The van der Waals surface area contributed by atoms with Crippen molar-refractivity contribution in [2.75, 3.05) is 7.05 Å². The third kappa shape index (κ3) is 1.36. The number of nitro groups is 1.